The van der Waals surface area contributed by atoms with Crippen LogP contribution in [0.2, 0.25) is 5.02 Å². The molecule has 1 aromatic heterocycles. The zero-order chi connectivity index (χ0) is 14.4. The fourth-order valence-electron chi connectivity index (χ4n) is 1.97. The highest BCUT2D eigenvalue weighted by molar-refractivity contribution is 6.30. The Morgan fingerprint density at radius 2 is 1.73 bits per heavy atom. The molecule has 1 heterocycles. The molecule has 1 N–H and O–H groups in total. The van der Waals surface area contributed by atoms with Crippen molar-refractivity contribution in [3.8, 4) is 11.3 Å². The lowest BCUT2D eigenvalue weighted by atomic mass is 10.2. The summed E-state index contributed by atoms with van der Waals surface area (Å²) in [5.74, 6) is 1.84. The molecule has 0 unspecified atom stereocenters. The second kappa shape index (κ2) is 10.9. The lowest BCUT2D eigenvalue weighted by Crippen LogP contribution is -2.20. The van der Waals surface area contributed by atoms with Gasteiger partial charge in [-0.05, 0) is 70.0 Å². The van der Waals surface area contributed by atoms with Crippen molar-refractivity contribution in [3.63, 3.8) is 0 Å². The summed E-state index contributed by atoms with van der Waals surface area (Å²) in [6, 6.07) is 11.7. The molecule has 0 amide bonds. The van der Waals surface area contributed by atoms with Gasteiger partial charge in [0.05, 0.1) is 6.54 Å². The van der Waals surface area contributed by atoms with Crippen molar-refractivity contribution in [2.24, 2.45) is 0 Å². The Labute approximate surface area is 149 Å². The van der Waals surface area contributed by atoms with Crippen molar-refractivity contribution in [2.75, 3.05) is 27.2 Å². The maximum atomic E-state index is 5.88. The molecule has 0 spiro atoms. The fourth-order valence-corrected chi connectivity index (χ4v) is 2.10. The first-order valence-electron chi connectivity index (χ1n) is 6.85. The zero-order valence-corrected chi connectivity index (χ0v) is 15.2. The van der Waals surface area contributed by atoms with Crippen molar-refractivity contribution in [1.82, 2.24) is 10.2 Å². The van der Waals surface area contributed by atoms with E-state index in [-0.39, 0.29) is 24.8 Å². The van der Waals surface area contributed by atoms with E-state index in [0.29, 0.717) is 0 Å². The molecule has 0 aliphatic heterocycles. The van der Waals surface area contributed by atoms with E-state index in [1.807, 2.05) is 36.4 Å². The molecule has 0 bridgehead atoms. The molecule has 2 aromatic rings. The van der Waals surface area contributed by atoms with Crippen LogP contribution in [0.5, 0.6) is 0 Å². The molecule has 6 heteroatoms. The van der Waals surface area contributed by atoms with E-state index in [1.54, 1.807) is 0 Å². The number of rotatable bonds is 7. The topological polar surface area (TPSA) is 28.4 Å². The van der Waals surface area contributed by atoms with E-state index in [2.05, 4.69) is 24.3 Å². The smallest absolute Gasteiger partial charge is 0.134 e. The molecule has 0 fully saturated rings. The van der Waals surface area contributed by atoms with E-state index in [0.717, 1.165) is 48.2 Å². The maximum Gasteiger partial charge on any atom is 0.134 e. The average molecular weight is 366 g/mol. The summed E-state index contributed by atoms with van der Waals surface area (Å²) in [4.78, 5) is 2.19. The number of nitrogens with zero attached hydrogens (tertiary/aromatic N) is 1. The fraction of sp³-hybridized carbons (Fsp3) is 0.375. The number of hydrogen-bond acceptors (Lipinski definition) is 3. The quantitative estimate of drug-likeness (QED) is 0.733. The van der Waals surface area contributed by atoms with Crippen LogP contribution in [0, 0.1) is 0 Å². The normalized spacial score (nSPS) is 10.2. The van der Waals surface area contributed by atoms with Gasteiger partial charge in [-0.1, -0.05) is 11.6 Å². The number of hydrogen-bond donors (Lipinski definition) is 1. The van der Waals surface area contributed by atoms with E-state index in [9.17, 15) is 0 Å². The van der Waals surface area contributed by atoms with Gasteiger partial charge in [-0.15, -0.1) is 24.8 Å². The predicted octanol–water partition coefficient (Wildman–Crippen LogP) is 4.48. The third-order valence-electron chi connectivity index (χ3n) is 3.05. The van der Waals surface area contributed by atoms with Crippen LogP contribution in [0.3, 0.4) is 0 Å². The van der Waals surface area contributed by atoms with Gasteiger partial charge in [0.25, 0.3) is 0 Å². The van der Waals surface area contributed by atoms with Crippen LogP contribution in [0.4, 0.5) is 0 Å². The summed E-state index contributed by atoms with van der Waals surface area (Å²) >= 11 is 5.88. The summed E-state index contributed by atoms with van der Waals surface area (Å²) in [5, 5.41) is 4.13. The molecular weight excluding hydrogens is 343 g/mol. The molecular formula is C16H23Cl3N2O. The third kappa shape index (κ3) is 7.03. The van der Waals surface area contributed by atoms with Crippen LogP contribution in [0.1, 0.15) is 12.2 Å². The van der Waals surface area contributed by atoms with Gasteiger partial charge >= 0.3 is 0 Å². The van der Waals surface area contributed by atoms with Gasteiger partial charge in [0.2, 0.25) is 0 Å². The van der Waals surface area contributed by atoms with Crippen LogP contribution in [0.25, 0.3) is 11.3 Å². The Morgan fingerprint density at radius 3 is 2.36 bits per heavy atom. The Kier molecular flexibility index (Phi) is 10.6. The first-order valence-corrected chi connectivity index (χ1v) is 7.23. The first-order chi connectivity index (χ1) is 9.65. The van der Waals surface area contributed by atoms with Crippen LogP contribution in [0.15, 0.2) is 40.8 Å². The van der Waals surface area contributed by atoms with Gasteiger partial charge in [-0.25, -0.2) is 0 Å². The van der Waals surface area contributed by atoms with Crippen LogP contribution in [-0.2, 0) is 6.54 Å². The first kappa shape index (κ1) is 21.3. The molecule has 1 aromatic carbocycles. The third-order valence-corrected chi connectivity index (χ3v) is 3.30. The molecule has 22 heavy (non-hydrogen) atoms. The van der Waals surface area contributed by atoms with Crippen molar-refractivity contribution in [1.29, 1.82) is 0 Å². The number of benzene rings is 1. The SMILES string of the molecule is CN(C)CCCNCc1ccc(-c2ccc(Cl)cc2)o1.Cl.Cl. The van der Waals surface area contributed by atoms with Gasteiger partial charge in [-0.3, -0.25) is 0 Å². The second-order valence-electron chi connectivity index (χ2n) is 5.11. The number of nitrogens with one attached hydrogen (secondary N) is 1. The lowest BCUT2D eigenvalue weighted by molar-refractivity contribution is 0.391. The lowest BCUT2D eigenvalue weighted by Gasteiger charge is -2.09. The van der Waals surface area contributed by atoms with E-state index < -0.39 is 0 Å². The van der Waals surface area contributed by atoms with Crippen LogP contribution < -0.4 is 5.32 Å². The minimum atomic E-state index is 0. The predicted molar refractivity (Wildman–Crippen MR) is 98.5 cm³/mol. The van der Waals surface area contributed by atoms with Crippen molar-refractivity contribution in [3.05, 3.63) is 47.2 Å². The van der Waals surface area contributed by atoms with E-state index in [4.69, 9.17) is 16.0 Å². The van der Waals surface area contributed by atoms with Crippen LogP contribution in [-0.4, -0.2) is 32.1 Å². The summed E-state index contributed by atoms with van der Waals surface area (Å²) in [5.41, 5.74) is 1.05. The number of furan rings is 1. The molecule has 0 radical (unpaired) electrons. The Hall–Kier alpha value is -0.710. The number of halogens is 3. The van der Waals surface area contributed by atoms with Crippen LogP contribution >= 0.6 is 36.4 Å². The summed E-state index contributed by atoms with van der Waals surface area (Å²) in [6.07, 6.45) is 1.14. The Bertz CT molecular complexity index is 526. The molecule has 0 saturated heterocycles. The van der Waals surface area contributed by atoms with Gasteiger partial charge in [0.1, 0.15) is 11.5 Å². The largest absolute Gasteiger partial charge is 0.460 e. The Balaban J connectivity index is 0.00000220. The summed E-state index contributed by atoms with van der Waals surface area (Å²) in [6.45, 7) is 2.86. The van der Waals surface area contributed by atoms with Gasteiger partial charge in [-0.2, -0.15) is 0 Å². The molecule has 0 aliphatic carbocycles. The molecule has 0 aliphatic rings. The zero-order valence-electron chi connectivity index (χ0n) is 12.8. The Morgan fingerprint density at radius 1 is 1.05 bits per heavy atom. The molecule has 0 saturated carbocycles. The van der Waals surface area contributed by atoms with E-state index >= 15 is 0 Å². The molecule has 0 atom stereocenters. The van der Waals surface area contributed by atoms with Gasteiger partial charge in [0.15, 0.2) is 0 Å². The highest BCUT2D eigenvalue weighted by atomic mass is 35.5. The van der Waals surface area contributed by atoms with Crippen molar-refractivity contribution in [2.45, 2.75) is 13.0 Å². The van der Waals surface area contributed by atoms with Crippen molar-refractivity contribution < 1.29 is 4.42 Å². The molecule has 124 valence electrons. The molecule has 3 nitrogen and oxygen atoms in total. The van der Waals surface area contributed by atoms with Gasteiger partial charge < -0.3 is 14.6 Å². The second-order valence-corrected chi connectivity index (χ2v) is 5.54. The molecule has 2 rings (SSSR count). The maximum absolute atomic E-state index is 5.88. The highest BCUT2D eigenvalue weighted by Gasteiger charge is 2.04. The standard InChI is InChI=1S/C16H21ClN2O.2ClH/c1-19(2)11-3-10-18-12-15-8-9-16(20-15)13-4-6-14(17)7-5-13;;/h4-9,18H,3,10-12H2,1-2H3;2*1H. The van der Waals surface area contributed by atoms with Crippen molar-refractivity contribution >= 4 is 36.4 Å². The minimum Gasteiger partial charge on any atom is -0.460 e. The highest BCUT2D eigenvalue weighted by Crippen LogP contribution is 2.23. The van der Waals surface area contributed by atoms with E-state index in [1.165, 1.54) is 0 Å². The summed E-state index contributed by atoms with van der Waals surface area (Å²) in [7, 11) is 4.18. The average Bonchev–Trinajstić information content (AvgIpc) is 2.87. The monoisotopic (exact) mass is 364 g/mol. The summed E-state index contributed by atoms with van der Waals surface area (Å²) < 4.78 is 5.82. The van der Waals surface area contributed by atoms with Gasteiger partial charge in [0, 0.05) is 10.6 Å². The minimum absolute atomic E-state index is 0.